The zero-order valence-electron chi connectivity index (χ0n) is 9.50. The Bertz CT molecular complexity index is 275. The minimum absolute atomic E-state index is 0.203. The van der Waals surface area contributed by atoms with E-state index in [1.54, 1.807) is 0 Å². The molecule has 0 spiro atoms. The van der Waals surface area contributed by atoms with Crippen molar-refractivity contribution < 1.29 is 4.42 Å². The third-order valence-electron chi connectivity index (χ3n) is 2.35. The summed E-state index contributed by atoms with van der Waals surface area (Å²) >= 11 is 3.50. The maximum Gasteiger partial charge on any atom is 0.230 e. The average Bonchev–Trinajstić information content (AvgIpc) is 2.72. The van der Waals surface area contributed by atoms with Crippen LogP contribution in [0.3, 0.4) is 0 Å². The number of aromatic nitrogens is 2. The molecule has 0 N–H and O–H groups in total. The van der Waals surface area contributed by atoms with E-state index in [-0.39, 0.29) is 4.83 Å². The fourth-order valence-corrected chi connectivity index (χ4v) is 1.56. The lowest BCUT2D eigenvalue weighted by Crippen LogP contribution is -1.86. The highest BCUT2D eigenvalue weighted by molar-refractivity contribution is 9.09. The zero-order chi connectivity index (χ0) is 11.1. The quantitative estimate of drug-likeness (QED) is 0.557. The van der Waals surface area contributed by atoms with Crippen LogP contribution in [0.2, 0.25) is 0 Å². The van der Waals surface area contributed by atoms with E-state index in [0.717, 1.165) is 25.2 Å². The van der Waals surface area contributed by atoms with Gasteiger partial charge in [0.25, 0.3) is 0 Å². The maximum atomic E-state index is 5.55. The highest BCUT2D eigenvalue weighted by atomic mass is 79.9. The van der Waals surface area contributed by atoms with Gasteiger partial charge in [-0.15, -0.1) is 10.2 Å². The van der Waals surface area contributed by atoms with Crippen molar-refractivity contribution in [2.75, 3.05) is 0 Å². The molecule has 1 aromatic heterocycles. The van der Waals surface area contributed by atoms with Crippen LogP contribution in [0.25, 0.3) is 0 Å². The normalized spacial score (nSPS) is 13.0. The van der Waals surface area contributed by atoms with Crippen molar-refractivity contribution >= 4 is 15.9 Å². The van der Waals surface area contributed by atoms with Crippen molar-refractivity contribution in [2.45, 2.75) is 57.2 Å². The summed E-state index contributed by atoms with van der Waals surface area (Å²) in [5, 5.41) is 8.06. The molecule has 0 aliphatic heterocycles. The fourth-order valence-electron chi connectivity index (χ4n) is 1.37. The molecular formula is C11H19BrN2O. The highest BCUT2D eigenvalue weighted by Crippen LogP contribution is 2.24. The third kappa shape index (κ3) is 4.33. The summed E-state index contributed by atoms with van der Waals surface area (Å²) in [4.78, 5) is 0.203. The second-order valence-corrected chi connectivity index (χ2v) is 4.83. The molecule has 0 saturated carbocycles. The summed E-state index contributed by atoms with van der Waals surface area (Å²) < 4.78 is 5.55. The molecule has 1 unspecified atom stereocenters. The number of halogens is 1. The first kappa shape index (κ1) is 12.7. The predicted octanol–water partition coefficient (Wildman–Crippen LogP) is 4.04. The Morgan fingerprint density at radius 2 is 2.00 bits per heavy atom. The van der Waals surface area contributed by atoms with Gasteiger partial charge in [0.1, 0.15) is 0 Å². The second kappa shape index (κ2) is 6.99. The van der Waals surface area contributed by atoms with Crippen molar-refractivity contribution in [1.29, 1.82) is 0 Å². The van der Waals surface area contributed by atoms with Gasteiger partial charge in [0.15, 0.2) is 0 Å². The number of hydrogen-bond acceptors (Lipinski definition) is 3. The van der Waals surface area contributed by atoms with Gasteiger partial charge in [-0.3, -0.25) is 0 Å². The predicted molar refractivity (Wildman–Crippen MR) is 64.1 cm³/mol. The largest absolute Gasteiger partial charge is 0.424 e. The Hall–Kier alpha value is -0.380. The van der Waals surface area contributed by atoms with E-state index in [0.29, 0.717) is 5.89 Å². The molecule has 0 bridgehead atoms. The minimum atomic E-state index is 0.203. The number of hydrogen-bond donors (Lipinski definition) is 0. The van der Waals surface area contributed by atoms with E-state index in [1.807, 2.05) is 0 Å². The first-order chi connectivity index (χ1) is 7.27. The highest BCUT2D eigenvalue weighted by Gasteiger charge is 2.12. The lowest BCUT2D eigenvalue weighted by Gasteiger charge is -1.98. The van der Waals surface area contributed by atoms with E-state index in [1.165, 1.54) is 19.3 Å². The van der Waals surface area contributed by atoms with Crippen LogP contribution in [0.1, 0.15) is 62.6 Å². The Labute approximate surface area is 99.8 Å². The van der Waals surface area contributed by atoms with Crippen LogP contribution in [-0.4, -0.2) is 10.2 Å². The standard InChI is InChI=1S/C11H19BrN2O/c1-3-5-6-7-8-10-13-14-11(15-10)9(12)4-2/h9H,3-8H2,1-2H3. The molecule has 0 aromatic carbocycles. The number of unbranched alkanes of at least 4 members (excludes halogenated alkanes) is 3. The molecule has 1 aromatic rings. The van der Waals surface area contributed by atoms with Crippen molar-refractivity contribution in [3.8, 4) is 0 Å². The lowest BCUT2D eigenvalue weighted by atomic mass is 10.1. The van der Waals surface area contributed by atoms with Crippen LogP contribution in [0.5, 0.6) is 0 Å². The summed E-state index contributed by atoms with van der Waals surface area (Å²) in [5.74, 6) is 1.49. The third-order valence-corrected chi connectivity index (χ3v) is 3.39. The fraction of sp³-hybridized carbons (Fsp3) is 0.818. The summed E-state index contributed by atoms with van der Waals surface area (Å²) in [7, 11) is 0. The van der Waals surface area contributed by atoms with Gasteiger partial charge in [-0.2, -0.15) is 0 Å². The Morgan fingerprint density at radius 3 is 2.67 bits per heavy atom. The van der Waals surface area contributed by atoms with Gasteiger partial charge in [-0.05, 0) is 12.8 Å². The summed E-state index contributed by atoms with van der Waals surface area (Å²) in [6, 6.07) is 0. The molecule has 3 nitrogen and oxygen atoms in total. The smallest absolute Gasteiger partial charge is 0.230 e. The SMILES string of the molecule is CCCCCCc1nnc(C(Br)CC)o1. The molecule has 1 heterocycles. The van der Waals surface area contributed by atoms with E-state index in [9.17, 15) is 0 Å². The van der Waals surface area contributed by atoms with E-state index in [4.69, 9.17) is 4.42 Å². The molecule has 86 valence electrons. The first-order valence-electron chi connectivity index (χ1n) is 5.74. The molecule has 4 heteroatoms. The summed E-state index contributed by atoms with van der Waals surface area (Å²) in [6.45, 7) is 4.30. The first-order valence-corrected chi connectivity index (χ1v) is 6.65. The van der Waals surface area contributed by atoms with Crippen LogP contribution in [0.4, 0.5) is 0 Å². The van der Waals surface area contributed by atoms with E-state index >= 15 is 0 Å². The molecule has 0 radical (unpaired) electrons. The van der Waals surface area contributed by atoms with Crippen molar-refractivity contribution in [1.82, 2.24) is 10.2 Å². The lowest BCUT2D eigenvalue weighted by molar-refractivity contribution is 0.437. The van der Waals surface area contributed by atoms with Gasteiger partial charge in [-0.1, -0.05) is 49.0 Å². The topological polar surface area (TPSA) is 38.9 Å². The van der Waals surface area contributed by atoms with Gasteiger partial charge < -0.3 is 4.42 Å². The Kier molecular flexibility index (Phi) is 5.91. The van der Waals surface area contributed by atoms with Gasteiger partial charge in [0.2, 0.25) is 11.8 Å². The zero-order valence-corrected chi connectivity index (χ0v) is 11.1. The monoisotopic (exact) mass is 274 g/mol. The van der Waals surface area contributed by atoms with E-state index < -0.39 is 0 Å². The van der Waals surface area contributed by atoms with Gasteiger partial charge >= 0.3 is 0 Å². The number of alkyl halides is 1. The van der Waals surface area contributed by atoms with Crippen LogP contribution in [0, 0.1) is 0 Å². The van der Waals surface area contributed by atoms with Crippen LogP contribution >= 0.6 is 15.9 Å². The number of rotatable bonds is 7. The average molecular weight is 275 g/mol. The molecule has 1 atom stereocenters. The molecule has 1 rings (SSSR count). The second-order valence-electron chi connectivity index (χ2n) is 3.72. The molecule has 0 amide bonds. The molecule has 0 fully saturated rings. The summed E-state index contributed by atoms with van der Waals surface area (Å²) in [6.07, 6.45) is 6.83. The van der Waals surface area contributed by atoms with Gasteiger partial charge in [0, 0.05) is 6.42 Å². The number of nitrogens with zero attached hydrogens (tertiary/aromatic N) is 2. The van der Waals surface area contributed by atoms with Crippen LogP contribution in [0.15, 0.2) is 4.42 Å². The van der Waals surface area contributed by atoms with Crippen molar-refractivity contribution in [3.05, 3.63) is 11.8 Å². The molecule has 0 aliphatic rings. The maximum absolute atomic E-state index is 5.55. The van der Waals surface area contributed by atoms with Crippen molar-refractivity contribution in [3.63, 3.8) is 0 Å². The Balaban J connectivity index is 2.33. The van der Waals surface area contributed by atoms with Crippen LogP contribution < -0.4 is 0 Å². The summed E-state index contributed by atoms with van der Waals surface area (Å²) in [5.41, 5.74) is 0. The molecular weight excluding hydrogens is 256 g/mol. The Morgan fingerprint density at radius 1 is 1.20 bits per heavy atom. The number of aryl methyl sites for hydroxylation is 1. The van der Waals surface area contributed by atoms with Crippen LogP contribution in [-0.2, 0) is 6.42 Å². The molecule has 0 aliphatic carbocycles. The van der Waals surface area contributed by atoms with E-state index in [2.05, 4.69) is 40.0 Å². The van der Waals surface area contributed by atoms with Gasteiger partial charge in [-0.25, -0.2) is 0 Å². The van der Waals surface area contributed by atoms with Crippen molar-refractivity contribution in [2.24, 2.45) is 0 Å². The minimum Gasteiger partial charge on any atom is -0.424 e. The van der Waals surface area contributed by atoms with Gasteiger partial charge in [0.05, 0.1) is 4.83 Å². The molecule has 15 heavy (non-hydrogen) atoms. The molecule has 0 saturated heterocycles.